The highest BCUT2D eigenvalue weighted by Gasteiger charge is 2.31. The van der Waals surface area contributed by atoms with Gasteiger partial charge >= 0.3 is 0 Å². The van der Waals surface area contributed by atoms with Crippen molar-refractivity contribution in [3.63, 3.8) is 0 Å². The molecule has 1 atom stereocenters. The fourth-order valence-electron chi connectivity index (χ4n) is 2.69. The van der Waals surface area contributed by atoms with Crippen LogP contribution in [-0.4, -0.2) is 34.5 Å². The van der Waals surface area contributed by atoms with Crippen LogP contribution in [0.1, 0.15) is 38.4 Å². The quantitative estimate of drug-likeness (QED) is 0.863. The Morgan fingerprint density at radius 1 is 1.53 bits per heavy atom. The van der Waals surface area contributed by atoms with Crippen molar-refractivity contribution in [2.45, 2.75) is 32.7 Å². The van der Waals surface area contributed by atoms with Gasteiger partial charge in [0.25, 0.3) is 0 Å². The van der Waals surface area contributed by atoms with E-state index in [-0.39, 0.29) is 6.04 Å². The first-order valence-corrected chi connectivity index (χ1v) is 6.32. The van der Waals surface area contributed by atoms with Gasteiger partial charge in [0.2, 0.25) is 0 Å². The van der Waals surface area contributed by atoms with Crippen LogP contribution in [0.25, 0.3) is 0 Å². The number of nitrogens with two attached hydrogens (primary N) is 1. The van der Waals surface area contributed by atoms with Gasteiger partial charge in [-0.1, -0.05) is 13.8 Å². The molecule has 1 aromatic heterocycles. The Labute approximate surface area is 103 Å². The van der Waals surface area contributed by atoms with Crippen LogP contribution in [0.5, 0.6) is 0 Å². The number of likely N-dealkylation sites (tertiary alicyclic amines) is 1. The van der Waals surface area contributed by atoms with Gasteiger partial charge in [-0.25, -0.2) is 9.97 Å². The zero-order valence-corrected chi connectivity index (χ0v) is 10.8. The molecule has 2 rings (SSSR count). The molecule has 17 heavy (non-hydrogen) atoms. The Kier molecular flexibility index (Phi) is 3.74. The minimum atomic E-state index is 0.234. The first-order chi connectivity index (χ1) is 8.12. The third-order valence-electron chi connectivity index (χ3n) is 3.54. The van der Waals surface area contributed by atoms with Gasteiger partial charge in [-0.05, 0) is 30.9 Å². The molecule has 0 aliphatic carbocycles. The van der Waals surface area contributed by atoms with Crippen molar-refractivity contribution in [3.05, 3.63) is 24.3 Å². The Balaban J connectivity index is 2.13. The third kappa shape index (κ3) is 3.01. The second-order valence-corrected chi connectivity index (χ2v) is 5.62. The van der Waals surface area contributed by atoms with E-state index < -0.39 is 0 Å². The first kappa shape index (κ1) is 12.5. The molecule has 2 N–H and O–H groups in total. The van der Waals surface area contributed by atoms with Gasteiger partial charge in [0, 0.05) is 19.3 Å². The highest BCUT2D eigenvalue weighted by atomic mass is 15.2. The lowest BCUT2D eigenvalue weighted by atomic mass is 9.83. The third-order valence-corrected chi connectivity index (χ3v) is 3.54. The summed E-state index contributed by atoms with van der Waals surface area (Å²) in [5, 5.41) is 0. The van der Waals surface area contributed by atoms with Crippen LogP contribution in [0, 0.1) is 5.41 Å². The molecular formula is C13H22N4. The van der Waals surface area contributed by atoms with E-state index >= 15 is 0 Å². The maximum Gasteiger partial charge on any atom is 0.115 e. The van der Waals surface area contributed by atoms with Crippen LogP contribution in [0.2, 0.25) is 0 Å². The number of piperidine rings is 1. The molecule has 1 unspecified atom stereocenters. The molecular weight excluding hydrogens is 212 g/mol. The van der Waals surface area contributed by atoms with Crippen LogP contribution in [0.4, 0.5) is 0 Å². The van der Waals surface area contributed by atoms with Crippen molar-refractivity contribution in [1.82, 2.24) is 14.9 Å². The molecule has 1 aliphatic rings. The SMILES string of the molecule is CC1(C)CCCN(C(CN)c2ccncn2)C1. The van der Waals surface area contributed by atoms with Crippen LogP contribution < -0.4 is 5.73 Å². The highest BCUT2D eigenvalue weighted by Crippen LogP contribution is 2.32. The summed E-state index contributed by atoms with van der Waals surface area (Å²) in [6, 6.07) is 2.21. The number of nitrogens with zero attached hydrogens (tertiary/aromatic N) is 3. The van der Waals surface area contributed by atoms with Crippen molar-refractivity contribution >= 4 is 0 Å². The summed E-state index contributed by atoms with van der Waals surface area (Å²) in [6.45, 7) is 7.49. The van der Waals surface area contributed by atoms with E-state index in [1.165, 1.54) is 12.8 Å². The first-order valence-electron chi connectivity index (χ1n) is 6.32. The van der Waals surface area contributed by atoms with Crippen molar-refractivity contribution in [1.29, 1.82) is 0 Å². The molecule has 4 heteroatoms. The summed E-state index contributed by atoms with van der Waals surface area (Å²) in [4.78, 5) is 10.8. The number of hydrogen-bond acceptors (Lipinski definition) is 4. The smallest absolute Gasteiger partial charge is 0.115 e. The van der Waals surface area contributed by atoms with Gasteiger partial charge in [0.15, 0.2) is 0 Å². The molecule has 2 heterocycles. The molecule has 1 fully saturated rings. The largest absolute Gasteiger partial charge is 0.329 e. The normalized spacial score (nSPS) is 22.3. The van der Waals surface area contributed by atoms with Gasteiger partial charge in [-0.2, -0.15) is 0 Å². The summed E-state index contributed by atoms with van der Waals surface area (Å²) >= 11 is 0. The molecule has 4 nitrogen and oxygen atoms in total. The Morgan fingerprint density at radius 3 is 2.94 bits per heavy atom. The molecule has 0 spiro atoms. The molecule has 94 valence electrons. The maximum absolute atomic E-state index is 5.92. The number of hydrogen-bond donors (Lipinski definition) is 1. The average Bonchev–Trinajstić information content (AvgIpc) is 2.30. The van der Waals surface area contributed by atoms with Crippen LogP contribution >= 0.6 is 0 Å². The molecule has 0 amide bonds. The van der Waals surface area contributed by atoms with Crippen LogP contribution in [0.3, 0.4) is 0 Å². The monoisotopic (exact) mass is 234 g/mol. The zero-order chi connectivity index (χ0) is 12.3. The molecule has 1 aromatic rings. The fourth-order valence-corrected chi connectivity index (χ4v) is 2.69. The topological polar surface area (TPSA) is 55.0 Å². The van der Waals surface area contributed by atoms with E-state index in [1.54, 1.807) is 12.5 Å². The molecule has 0 radical (unpaired) electrons. The molecule has 1 saturated heterocycles. The maximum atomic E-state index is 5.92. The van der Waals surface area contributed by atoms with E-state index in [4.69, 9.17) is 5.73 Å². The van der Waals surface area contributed by atoms with Crippen LogP contribution in [0.15, 0.2) is 18.6 Å². The standard InChI is InChI=1S/C13H22N4/c1-13(2)5-3-7-17(9-13)12(8-14)11-4-6-15-10-16-11/h4,6,10,12H,3,5,7-9,14H2,1-2H3. The average molecular weight is 234 g/mol. The molecule has 0 saturated carbocycles. The second-order valence-electron chi connectivity index (χ2n) is 5.62. The predicted octanol–water partition coefficient (Wildman–Crippen LogP) is 1.60. The lowest BCUT2D eigenvalue weighted by molar-refractivity contribution is 0.0790. The van der Waals surface area contributed by atoms with Crippen molar-refractivity contribution in [3.8, 4) is 0 Å². The van der Waals surface area contributed by atoms with Gasteiger partial charge < -0.3 is 5.73 Å². The molecule has 0 aromatic carbocycles. The van der Waals surface area contributed by atoms with Crippen LogP contribution in [-0.2, 0) is 0 Å². The van der Waals surface area contributed by atoms with Crippen molar-refractivity contribution in [2.24, 2.45) is 11.1 Å². The van der Waals surface area contributed by atoms with Gasteiger partial charge in [-0.3, -0.25) is 4.90 Å². The van der Waals surface area contributed by atoms with Crippen molar-refractivity contribution in [2.75, 3.05) is 19.6 Å². The summed E-state index contributed by atoms with van der Waals surface area (Å²) in [6.07, 6.45) is 5.94. The predicted molar refractivity (Wildman–Crippen MR) is 68.4 cm³/mol. The summed E-state index contributed by atoms with van der Waals surface area (Å²) in [7, 11) is 0. The van der Waals surface area contributed by atoms with Gasteiger partial charge in [-0.15, -0.1) is 0 Å². The summed E-state index contributed by atoms with van der Waals surface area (Å²) in [5.74, 6) is 0. The lowest BCUT2D eigenvalue weighted by Crippen LogP contribution is -2.44. The van der Waals surface area contributed by atoms with Crippen molar-refractivity contribution < 1.29 is 0 Å². The Hall–Kier alpha value is -1.00. The van der Waals surface area contributed by atoms with E-state index in [1.807, 2.05) is 6.07 Å². The fraction of sp³-hybridized carbons (Fsp3) is 0.692. The Morgan fingerprint density at radius 2 is 2.35 bits per heavy atom. The summed E-state index contributed by atoms with van der Waals surface area (Å²) in [5.41, 5.74) is 7.35. The minimum Gasteiger partial charge on any atom is -0.329 e. The van der Waals surface area contributed by atoms with E-state index in [2.05, 4.69) is 28.7 Å². The number of aromatic nitrogens is 2. The zero-order valence-electron chi connectivity index (χ0n) is 10.8. The summed E-state index contributed by atoms with van der Waals surface area (Å²) < 4.78 is 0. The van der Waals surface area contributed by atoms with Gasteiger partial charge in [0.1, 0.15) is 6.33 Å². The highest BCUT2D eigenvalue weighted by molar-refractivity contribution is 5.06. The van der Waals surface area contributed by atoms with Gasteiger partial charge in [0.05, 0.1) is 11.7 Å². The van der Waals surface area contributed by atoms with E-state index in [0.29, 0.717) is 12.0 Å². The van der Waals surface area contributed by atoms with E-state index in [0.717, 1.165) is 18.8 Å². The number of rotatable bonds is 3. The van der Waals surface area contributed by atoms with E-state index in [9.17, 15) is 0 Å². The molecule has 0 bridgehead atoms. The second kappa shape index (κ2) is 5.10. The lowest BCUT2D eigenvalue weighted by Gasteiger charge is -2.41. The Bertz CT molecular complexity index is 350. The minimum absolute atomic E-state index is 0.234. The molecule has 1 aliphatic heterocycles.